The van der Waals surface area contributed by atoms with E-state index in [0.717, 1.165) is 36.5 Å². The topological polar surface area (TPSA) is 0 Å². The standard InChI is InChI=1S/C12H24.C12H18.C10H20.C10H14/c2*1-3-5-11-7-9-12(6-4-2)10-8-11;2*1-3-9-5-7-10(4-2)8-6-9/h11-12H,3-10H2,1-2H3;7-10H,3-6H2,1-2H3;9-10H,3-8H2,1-2H3;5-8H,3-4H2,1-2H3. The lowest BCUT2D eigenvalue weighted by molar-refractivity contribution is 0.251. The largest absolute Gasteiger partial charge is 0.0654 e. The predicted octanol–water partition coefficient (Wildman–Crippen LogP) is 14.4. The minimum absolute atomic E-state index is 1.07. The highest BCUT2D eigenvalue weighted by Gasteiger charge is 2.19. The minimum atomic E-state index is 1.07. The van der Waals surface area contributed by atoms with Crippen LogP contribution in [0.5, 0.6) is 0 Å². The Morgan fingerprint density at radius 2 is 0.636 bits per heavy atom. The van der Waals surface area contributed by atoms with Crippen LogP contribution in [0.2, 0.25) is 0 Å². The van der Waals surface area contributed by atoms with Gasteiger partial charge in [-0.3, -0.25) is 0 Å². The van der Waals surface area contributed by atoms with Gasteiger partial charge in [-0.05, 0) is 71.6 Å². The highest BCUT2D eigenvalue weighted by molar-refractivity contribution is 5.23. The molecular weight excluding hydrogens is 528 g/mol. The molecule has 0 aliphatic heterocycles. The van der Waals surface area contributed by atoms with Gasteiger partial charge in [0.05, 0.1) is 0 Å². The van der Waals surface area contributed by atoms with E-state index in [0.29, 0.717) is 0 Å². The van der Waals surface area contributed by atoms with E-state index in [9.17, 15) is 0 Å². The van der Waals surface area contributed by atoms with Crippen molar-refractivity contribution in [1.29, 1.82) is 0 Å². The Morgan fingerprint density at radius 1 is 0.364 bits per heavy atom. The van der Waals surface area contributed by atoms with Crippen LogP contribution in [0.1, 0.15) is 180 Å². The third-order valence-corrected chi connectivity index (χ3v) is 10.4. The molecule has 2 aromatic carbocycles. The van der Waals surface area contributed by atoms with Gasteiger partial charge in [-0.2, -0.15) is 0 Å². The van der Waals surface area contributed by atoms with Gasteiger partial charge in [0, 0.05) is 0 Å². The summed E-state index contributed by atoms with van der Waals surface area (Å²) in [5, 5.41) is 0. The molecule has 0 amide bonds. The first-order valence-corrected chi connectivity index (χ1v) is 19.6. The second kappa shape index (κ2) is 26.6. The molecular formula is C44H76. The van der Waals surface area contributed by atoms with Gasteiger partial charge in [0.25, 0.3) is 0 Å². The van der Waals surface area contributed by atoms with Crippen molar-refractivity contribution in [2.75, 3.05) is 0 Å². The molecule has 2 fully saturated rings. The Bertz CT molecular complexity index is 785. The molecule has 0 aromatic heterocycles. The van der Waals surface area contributed by atoms with Gasteiger partial charge in [0.15, 0.2) is 0 Å². The zero-order valence-corrected chi connectivity index (χ0v) is 31.1. The first-order valence-electron chi connectivity index (χ1n) is 19.6. The molecule has 0 unspecified atom stereocenters. The zero-order valence-electron chi connectivity index (χ0n) is 31.1. The van der Waals surface area contributed by atoms with E-state index >= 15 is 0 Å². The van der Waals surface area contributed by atoms with E-state index in [4.69, 9.17) is 0 Å². The molecule has 2 aliphatic rings. The van der Waals surface area contributed by atoms with Crippen LogP contribution in [0.15, 0.2) is 48.5 Å². The fourth-order valence-corrected chi connectivity index (χ4v) is 7.13. The first-order chi connectivity index (χ1) is 21.5. The lowest BCUT2D eigenvalue weighted by atomic mass is 9.78. The molecule has 0 nitrogen and oxygen atoms in total. The third kappa shape index (κ3) is 18.4. The summed E-state index contributed by atoms with van der Waals surface area (Å²) in [6.07, 6.45) is 27.9. The molecule has 0 spiro atoms. The molecule has 252 valence electrons. The molecule has 2 saturated carbocycles. The second-order valence-corrected chi connectivity index (χ2v) is 14.0. The Morgan fingerprint density at radius 3 is 0.864 bits per heavy atom. The highest BCUT2D eigenvalue weighted by Crippen LogP contribution is 2.34. The normalized spacial score (nSPS) is 21.1. The molecule has 0 atom stereocenters. The summed E-state index contributed by atoms with van der Waals surface area (Å²) in [4.78, 5) is 0. The van der Waals surface area contributed by atoms with Crippen molar-refractivity contribution in [2.45, 2.75) is 184 Å². The summed E-state index contributed by atoms with van der Waals surface area (Å²) in [6, 6.07) is 17.9. The molecule has 4 rings (SSSR count). The van der Waals surface area contributed by atoms with Crippen LogP contribution in [0.4, 0.5) is 0 Å². The van der Waals surface area contributed by atoms with Crippen molar-refractivity contribution in [1.82, 2.24) is 0 Å². The van der Waals surface area contributed by atoms with Crippen molar-refractivity contribution in [2.24, 2.45) is 23.7 Å². The van der Waals surface area contributed by atoms with Crippen LogP contribution in [0.25, 0.3) is 0 Å². The summed E-state index contributed by atoms with van der Waals surface area (Å²) in [5.74, 6) is 4.32. The average molecular weight is 605 g/mol. The van der Waals surface area contributed by atoms with Gasteiger partial charge < -0.3 is 0 Å². The number of hydrogen-bond acceptors (Lipinski definition) is 0. The van der Waals surface area contributed by atoms with Gasteiger partial charge in [0.1, 0.15) is 0 Å². The molecule has 0 bridgehead atoms. The SMILES string of the molecule is CCC1CCC(CC)CC1.CCCC1CCC(CCC)CC1.CCCc1ccc(CCC)cc1.CCc1ccc(CC)cc1. The van der Waals surface area contributed by atoms with Gasteiger partial charge in [-0.1, -0.05) is 207 Å². The van der Waals surface area contributed by atoms with Crippen molar-refractivity contribution >= 4 is 0 Å². The molecule has 0 N–H and O–H groups in total. The molecule has 0 heterocycles. The summed E-state index contributed by atoms with van der Waals surface area (Å²) in [6.45, 7) is 18.1. The fourth-order valence-electron chi connectivity index (χ4n) is 7.13. The minimum Gasteiger partial charge on any atom is -0.0654 e. The van der Waals surface area contributed by atoms with E-state index in [1.807, 2.05) is 0 Å². The van der Waals surface area contributed by atoms with Crippen molar-refractivity contribution in [3.63, 3.8) is 0 Å². The maximum absolute atomic E-state index is 2.33. The van der Waals surface area contributed by atoms with E-state index in [-0.39, 0.29) is 0 Å². The quantitative estimate of drug-likeness (QED) is 0.226. The molecule has 0 heteroatoms. The van der Waals surface area contributed by atoms with Crippen LogP contribution >= 0.6 is 0 Å². The summed E-state index contributed by atoms with van der Waals surface area (Å²) in [7, 11) is 0. The maximum Gasteiger partial charge on any atom is -0.0281 e. The summed E-state index contributed by atoms with van der Waals surface area (Å²) < 4.78 is 0. The Hall–Kier alpha value is -1.56. The molecule has 2 aromatic rings. The van der Waals surface area contributed by atoms with E-state index in [1.54, 1.807) is 0 Å². The van der Waals surface area contributed by atoms with Gasteiger partial charge in [-0.15, -0.1) is 0 Å². The lowest BCUT2D eigenvalue weighted by Crippen LogP contribution is -2.14. The molecule has 0 saturated heterocycles. The van der Waals surface area contributed by atoms with Crippen molar-refractivity contribution in [3.8, 4) is 0 Å². The van der Waals surface area contributed by atoms with Gasteiger partial charge in [0.2, 0.25) is 0 Å². The first kappa shape index (κ1) is 40.5. The van der Waals surface area contributed by atoms with E-state index in [1.165, 1.54) is 138 Å². The Balaban J connectivity index is 0.000000294. The molecule has 0 radical (unpaired) electrons. The summed E-state index contributed by atoms with van der Waals surface area (Å²) >= 11 is 0. The van der Waals surface area contributed by atoms with Crippen LogP contribution in [0.3, 0.4) is 0 Å². The Kier molecular flexibility index (Phi) is 24.5. The second-order valence-electron chi connectivity index (χ2n) is 14.0. The van der Waals surface area contributed by atoms with Crippen molar-refractivity contribution < 1.29 is 0 Å². The smallest absolute Gasteiger partial charge is 0.0281 e. The van der Waals surface area contributed by atoms with Crippen LogP contribution in [0, 0.1) is 23.7 Å². The van der Waals surface area contributed by atoms with Gasteiger partial charge in [-0.25, -0.2) is 0 Å². The number of benzene rings is 2. The fraction of sp³-hybridized carbons (Fsp3) is 0.727. The molecule has 2 aliphatic carbocycles. The Labute approximate surface area is 277 Å². The highest BCUT2D eigenvalue weighted by atomic mass is 14.3. The maximum atomic E-state index is 2.33. The number of hydrogen-bond donors (Lipinski definition) is 0. The predicted molar refractivity (Wildman–Crippen MR) is 201 cm³/mol. The van der Waals surface area contributed by atoms with Gasteiger partial charge >= 0.3 is 0 Å². The monoisotopic (exact) mass is 605 g/mol. The van der Waals surface area contributed by atoms with Crippen LogP contribution in [-0.4, -0.2) is 0 Å². The van der Waals surface area contributed by atoms with Crippen LogP contribution in [-0.2, 0) is 25.7 Å². The third-order valence-electron chi connectivity index (χ3n) is 10.4. The lowest BCUT2D eigenvalue weighted by Gasteiger charge is -2.27. The zero-order chi connectivity index (χ0) is 32.4. The molecule has 44 heavy (non-hydrogen) atoms. The van der Waals surface area contributed by atoms with E-state index in [2.05, 4.69) is 104 Å². The van der Waals surface area contributed by atoms with Crippen molar-refractivity contribution in [3.05, 3.63) is 70.8 Å². The summed E-state index contributed by atoms with van der Waals surface area (Å²) in [5.41, 5.74) is 5.80. The number of aryl methyl sites for hydroxylation is 4. The van der Waals surface area contributed by atoms with Crippen LogP contribution < -0.4 is 0 Å². The van der Waals surface area contributed by atoms with E-state index < -0.39 is 0 Å². The number of rotatable bonds is 12. The average Bonchev–Trinajstić information content (AvgIpc) is 3.08.